The Bertz CT molecular complexity index is 414. The number of hydrogen-bond donors (Lipinski definition) is 4. The maximum absolute atomic E-state index is 7.19. The number of hydrogen-bond acceptors (Lipinski definition) is 5. The Morgan fingerprint density at radius 2 is 1.50 bits per heavy atom. The van der Waals surface area contributed by atoms with Gasteiger partial charge in [-0.15, -0.1) is 0 Å². The lowest BCUT2D eigenvalue weighted by Gasteiger charge is -2.08. The van der Waals surface area contributed by atoms with Crippen LogP contribution in [0, 0.1) is 10.8 Å². The van der Waals surface area contributed by atoms with E-state index in [2.05, 4.69) is 0 Å². The van der Waals surface area contributed by atoms with E-state index in [0.717, 1.165) is 16.9 Å². The number of amidine groups is 2. The topological polar surface area (TPSA) is 109 Å². The van der Waals surface area contributed by atoms with Crippen LogP contribution in [-0.2, 0) is 11.5 Å². The number of rotatable bonds is 5. The van der Waals surface area contributed by atoms with Crippen molar-refractivity contribution in [2.24, 2.45) is 11.5 Å². The number of nitrogens with two attached hydrogens (primary N) is 2. The van der Waals surface area contributed by atoms with Crippen molar-refractivity contribution in [2.75, 3.05) is 7.11 Å². The Labute approximate surface area is 115 Å². The van der Waals surface area contributed by atoms with Crippen LogP contribution in [0.15, 0.2) is 18.2 Å². The van der Waals surface area contributed by atoms with Gasteiger partial charge >= 0.3 is 0 Å². The van der Waals surface area contributed by atoms with Crippen LogP contribution in [0.2, 0.25) is 0 Å². The van der Waals surface area contributed by atoms with E-state index in [9.17, 15) is 0 Å². The number of thioether (sulfide) groups is 2. The van der Waals surface area contributed by atoms with Crippen molar-refractivity contribution in [2.45, 2.75) is 11.5 Å². The molecule has 98 valence electrons. The van der Waals surface area contributed by atoms with Gasteiger partial charge in [-0.25, -0.2) is 0 Å². The minimum absolute atomic E-state index is 0.0949. The number of methoxy groups -OCH3 is 1. The zero-order valence-corrected chi connectivity index (χ0v) is 11.7. The summed E-state index contributed by atoms with van der Waals surface area (Å²) in [6.07, 6.45) is 0. The van der Waals surface area contributed by atoms with Crippen molar-refractivity contribution in [3.05, 3.63) is 29.3 Å². The molecule has 0 aliphatic rings. The van der Waals surface area contributed by atoms with Crippen molar-refractivity contribution in [3.63, 3.8) is 0 Å². The highest BCUT2D eigenvalue weighted by Crippen LogP contribution is 2.23. The van der Waals surface area contributed by atoms with Crippen LogP contribution in [0.3, 0.4) is 0 Å². The highest BCUT2D eigenvalue weighted by Gasteiger charge is 2.04. The molecule has 0 spiro atoms. The Hall–Kier alpha value is -1.34. The smallest absolute Gasteiger partial charge is 0.151 e. The first kappa shape index (κ1) is 14.7. The maximum atomic E-state index is 7.19. The van der Waals surface area contributed by atoms with Crippen molar-refractivity contribution < 1.29 is 4.74 Å². The second-order valence-corrected chi connectivity index (χ2v) is 5.53. The molecule has 0 aliphatic heterocycles. The zero-order valence-electron chi connectivity index (χ0n) is 10.0. The summed E-state index contributed by atoms with van der Waals surface area (Å²) in [7, 11) is 1.61. The Morgan fingerprint density at radius 1 is 1.06 bits per heavy atom. The van der Waals surface area contributed by atoms with E-state index >= 15 is 0 Å². The van der Waals surface area contributed by atoms with Crippen LogP contribution in [0.1, 0.15) is 11.1 Å². The molecule has 0 aliphatic carbocycles. The fraction of sp³-hybridized carbons (Fsp3) is 0.273. The molecule has 7 heteroatoms. The molecule has 0 heterocycles. The van der Waals surface area contributed by atoms with E-state index in [1.807, 2.05) is 18.2 Å². The van der Waals surface area contributed by atoms with E-state index in [1.165, 1.54) is 23.5 Å². The first-order valence-electron chi connectivity index (χ1n) is 5.11. The van der Waals surface area contributed by atoms with E-state index in [1.54, 1.807) is 7.11 Å². The van der Waals surface area contributed by atoms with Crippen LogP contribution >= 0.6 is 23.5 Å². The minimum atomic E-state index is 0.0949. The molecular weight excluding hydrogens is 268 g/mol. The summed E-state index contributed by atoms with van der Waals surface area (Å²) in [5.41, 5.74) is 12.7. The lowest BCUT2D eigenvalue weighted by Crippen LogP contribution is -2.05. The van der Waals surface area contributed by atoms with Gasteiger partial charge < -0.3 is 16.2 Å². The third-order valence-electron chi connectivity index (χ3n) is 2.05. The number of ether oxygens (including phenoxy) is 1. The van der Waals surface area contributed by atoms with Crippen LogP contribution < -0.4 is 16.2 Å². The molecule has 18 heavy (non-hydrogen) atoms. The van der Waals surface area contributed by atoms with Gasteiger partial charge in [-0.1, -0.05) is 29.6 Å². The van der Waals surface area contributed by atoms with Gasteiger partial charge in [-0.05, 0) is 23.3 Å². The van der Waals surface area contributed by atoms with Gasteiger partial charge in [0.25, 0.3) is 0 Å². The van der Waals surface area contributed by atoms with Gasteiger partial charge in [0.15, 0.2) is 10.3 Å². The van der Waals surface area contributed by atoms with Crippen LogP contribution in [0.25, 0.3) is 0 Å². The Morgan fingerprint density at radius 3 is 1.83 bits per heavy atom. The van der Waals surface area contributed by atoms with Gasteiger partial charge in [0.05, 0.1) is 7.11 Å². The van der Waals surface area contributed by atoms with Crippen molar-refractivity contribution >= 4 is 33.9 Å². The highest BCUT2D eigenvalue weighted by atomic mass is 32.2. The molecule has 1 aromatic rings. The summed E-state index contributed by atoms with van der Waals surface area (Å²) in [4.78, 5) is 0. The first-order valence-corrected chi connectivity index (χ1v) is 7.09. The largest absolute Gasteiger partial charge is 0.497 e. The van der Waals surface area contributed by atoms with E-state index in [-0.39, 0.29) is 10.3 Å². The fourth-order valence-electron chi connectivity index (χ4n) is 1.34. The van der Waals surface area contributed by atoms with Crippen molar-refractivity contribution in [3.8, 4) is 5.75 Å². The molecule has 6 N–H and O–H groups in total. The molecule has 0 amide bonds. The second kappa shape index (κ2) is 7.17. The highest BCUT2D eigenvalue weighted by molar-refractivity contribution is 8.13. The van der Waals surface area contributed by atoms with Gasteiger partial charge in [-0.2, -0.15) is 0 Å². The second-order valence-electron chi connectivity index (χ2n) is 3.50. The molecule has 0 radical (unpaired) electrons. The van der Waals surface area contributed by atoms with E-state index in [4.69, 9.17) is 27.0 Å². The average Bonchev–Trinajstić information content (AvgIpc) is 2.33. The molecule has 0 unspecified atom stereocenters. The molecule has 0 fully saturated rings. The first-order chi connectivity index (χ1) is 8.51. The van der Waals surface area contributed by atoms with Crippen LogP contribution in [0.4, 0.5) is 0 Å². The standard InChI is InChI=1S/C11H16N4OS2/c1-16-9-3-7(5-17-10(12)13)2-8(4-9)6-18-11(14)15/h2-4H,5-6H2,1H3,(H3,12,13)(H3,14,15). The normalized spacial score (nSPS) is 10.1. The lowest BCUT2D eigenvalue weighted by atomic mass is 10.1. The third-order valence-corrected chi connectivity index (χ3v) is 3.63. The number of nitrogens with one attached hydrogen (secondary N) is 2. The van der Waals surface area contributed by atoms with Gasteiger partial charge in [-0.3, -0.25) is 10.8 Å². The van der Waals surface area contributed by atoms with E-state index < -0.39 is 0 Å². The van der Waals surface area contributed by atoms with Gasteiger partial charge in [0, 0.05) is 11.5 Å². The predicted octanol–water partition coefficient (Wildman–Crippen LogP) is 1.95. The van der Waals surface area contributed by atoms with E-state index in [0.29, 0.717) is 11.5 Å². The van der Waals surface area contributed by atoms with Crippen molar-refractivity contribution in [1.82, 2.24) is 0 Å². The van der Waals surface area contributed by atoms with Gasteiger partial charge in [0.1, 0.15) is 5.75 Å². The summed E-state index contributed by atoms with van der Waals surface area (Å²) in [6, 6.07) is 5.84. The summed E-state index contributed by atoms with van der Waals surface area (Å²) in [5, 5.41) is 14.6. The summed E-state index contributed by atoms with van der Waals surface area (Å²) in [6.45, 7) is 0. The average molecular weight is 284 g/mol. The molecule has 0 aromatic heterocycles. The molecule has 0 saturated carbocycles. The molecule has 1 aromatic carbocycles. The zero-order chi connectivity index (χ0) is 13.5. The SMILES string of the molecule is COc1cc(CSC(=N)N)cc(CSC(=N)N)c1. The monoisotopic (exact) mass is 284 g/mol. The Kier molecular flexibility index (Phi) is 5.87. The predicted molar refractivity (Wildman–Crippen MR) is 79.4 cm³/mol. The van der Waals surface area contributed by atoms with Crippen LogP contribution in [0.5, 0.6) is 5.75 Å². The summed E-state index contributed by atoms with van der Waals surface area (Å²) < 4.78 is 5.22. The molecular formula is C11H16N4OS2. The van der Waals surface area contributed by atoms with Crippen molar-refractivity contribution in [1.29, 1.82) is 10.8 Å². The molecule has 5 nitrogen and oxygen atoms in total. The minimum Gasteiger partial charge on any atom is -0.497 e. The number of benzene rings is 1. The molecule has 1 rings (SSSR count). The quantitative estimate of drug-likeness (QED) is 0.488. The molecule has 0 atom stereocenters. The summed E-state index contributed by atoms with van der Waals surface area (Å²) in [5.74, 6) is 2.02. The third kappa shape index (κ3) is 5.33. The maximum Gasteiger partial charge on any atom is 0.151 e. The Balaban J connectivity index is 2.80. The molecule has 0 bridgehead atoms. The van der Waals surface area contributed by atoms with Gasteiger partial charge in [0.2, 0.25) is 0 Å². The summed E-state index contributed by atoms with van der Waals surface area (Å²) >= 11 is 2.54. The molecule has 0 saturated heterocycles. The van der Waals surface area contributed by atoms with Crippen LogP contribution in [-0.4, -0.2) is 17.4 Å². The fourth-order valence-corrected chi connectivity index (χ4v) is 2.31. The lowest BCUT2D eigenvalue weighted by molar-refractivity contribution is 0.414.